The first-order valence-electron chi connectivity index (χ1n) is 11.0. The van der Waals surface area contributed by atoms with E-state index in [0.29, 0.717) is 42.2 Å². The molecule has 8 nitrogen and oxygen atoms in total. The molecule has 0 radical (unpaired) electrons. The number of rotatable bonds is 7. The van der Waals surface area contributed by atoms with Crippen LogP contribution in [0.2, 0.25) is 0 Å². The van der Waals surface area contributed by atoms with Crippen LogP contribution < -0.4 is 10.1 Å². The molecule has 1 saturated heterocycles. The molecule has 174 valence electrons. The summed E-state index contributed by atoms with van der Waals surface area (Å²) in [6.45, 7) is 6.73. The number of carbonyl (C=O) groups is 2. The van der Waals surface area contributed by atoms with E-state index >= 15 is 0 Å². The molecule has 4 rings (SSSR count). The van der Waals surface area contributed by atoms with Crippen molar-refractivity contribution in [3.8, 4) is 5.75 Å². The minimum absolute atomic E-state index is 0.0260. The van der Waals surface area contributed by atoms with E-state index < -0.39 is 15.9 Å². The van der Waals surface area contributed by atoms with Gasteiger partial charge in [0.1, 0.15) is 17.2 Å². The van der Waals surface area contributed by atoms with Crippen molar-refractivity contribution in [1.82, 2.24) is 9.21 Å². The number of hydrogen-bond acceptors (Lipinski definition) is 5. The second-order valence-electron chi connectivity index (χ2n) is 7.99. The minimum Gasteiger partial charge on any atom is -0.492 e. The Kier molecular flexibility index (Phi) is 6.53. The van der Waals surface area contributed by atoms with Gasteiger partial charge in [0.25, 0.3) is 5.91 Å². The first-order chi connectivity index (χ1) is 15.8. The van der Waals surface area contributed by atoms with Crippen molar-refractivity contribution in [3.63, 3.8) is 0 Å². The van der Waals surface area contributed by atoms with Crippen LogP contribution in [0.15, 0.2) is 53.9 Å². The van der Waals surface area contributed by atoms with Gasteiger partial charge in [-0.05, 0) is 44.0 Å². The first kappa shape index (κ1) is 23.0. The zero-order chi connectivity index (χ0) is 23.6. The lowest BCUT2D eigenvalue weighted by Gasteiger charge is -2.27. The van der Waals surface area contributed by atoms with E-state index in [0.717, 1.165) is 19.3 Å². The molecule has 0 atom stereocenters. The van der Waals surface area contributed by atoms with E-state index in [4.69, 9.17) is 4.74 Å². The van der Waals surface area contributed by atoms with Gasteiger partial charge in [-0.15, -0.1) is 0 Å². The van der Waals surface area contributed by atoms with Gasteiger partial charge in [0.05, 0.1) is 6.61 Å². The fourth-order valence-corrected chi connectivity index (χ4v) is 5.83. The zero-order valence-corrected chi connectivity index (χ0v) is 19.4. The van der Waals surface area contributed by atoms with E-state index in [1.54, 1.807) is 37.3 Å². The van der Waals surface area contributed by atoms with E-state index in [9.17, 15) is 18.0 Å². The Morgan fingerprint density at radius 3 is 2.45 bits per heavy atom. The third kappa shape index (κ3) is 4.51. The molecule has 2 heterocycles. The standard InChI is InChI=1S/C24H27N3O5S/c1-3-32-21-12-11-18(15-22(21)33(30,31)26-13-7-4-8-14-26)25-23(28)16-27-17(2)19-9-5-6-10-20(19)24(27)29/h5-6,9-12,15H,2-4,7-8,13-14,16H2,1H3,(H,25,28). The Hall–Kier alpha value is -3.17. The number of anilines is 1. The molecule has 0 spiro atoms. The summed E-state index contributed by atoms with van der Waals surface area (Å²) < 4.78 is 33.6. The Morgan fingerprint density at radius 2 is 1.79 bits per heavy atom. The quantitative estimate of drug-likeness (QED) is 0.671. The molecule has 1 fully saturated rings. The molecule has 2 aliphatic heterocycles. The van der Waals surface area contributed by atoms with Crippen LogP contribution in [-0.2, 0) is 14.8 Å². The summed E-state index contributed by atoms with van der Waals surface area (Å²) in [5.74, 6) is -0.492. The fourth-order valence-electron chi connectivity index (χ4n) is 4.15. The maximum absolute atomic E-state index is 13.3. The molecule has 9 heteroatoms. The first-order valence-corrected chi connectivity index (χ1v) is 12.4. The molecular formula is C24H27N3O5S. The average molecular weight is 470 g/mol. The van der Waals surface area contributed by atoms with Crippen LogP contribution in [0, 0.1) is 0 Å². The Morgan fingerprint density at radius 1 is 1.09 bits per heavy atom. The van der Waals surface area contributed by atoms with Gasteiger partial charge in [-0.1, -0.05) is 31.2 Å². The average Bonchev–Trinajstić information content (AvgIpc) is 3.05. The lowest BCUT2D eigenvalue weighted by Crippen LogP contribution is -2.36. The fraction of sp³-hybridized carbons (Fsp3) is 0.333. The highest BCUT2D eigenvalue weighted by molar-refractivity contribution is 7.89. The number of fused-ring (bicyclic) bond motifs is 1. The topological polar surface area (TPSA) is 96.0 Å². The van der Waals surface area contributed by atoms with E-state index in [1.807, 2.05) is 6.07 Å². The second-order valence-corrected chi connectivity index (χ2v) is 9.90. The van der Waals surface area contributed by atoms with Gasteiger partial charge < -0.3 is 10.1 Å². The second kappa shape index (κ2) is 9.36. The summed E-state index contributed by atoms with van der Waals surface area (Å²) in [7, 11) is -3.77. The van der Waals surface area contributed by atoms with Crippen LogP contribution in [0.5, 0.6) is 5.75 Å². The Labute approximate surface area is 193 Å². The van der Waals surface area contributed by atoms with Crippen molar-refractivity contribution in [2.24, 2.45) is 0 Å². The molecule has 0 bridgehead atoms. The summed E-state index contributed by atoms with van der Waals surface area (Å²) in [6, 6.07) is 11.6. The smallest absolute Gasteiger partial charge is 0.259 e. The molecular weight excluding hydrogens is 442 g/mol. The van der Waals surface area contributed by atoms with Gasteiger partial charge in [0, 0.05) is 35.6 Å². The molecule has 0 aromatic heterocycles. The van der Waals surface area contributed by atoms with Crippen molar-refractivity contribution in [3.05, 3.63) is 60.2 Å². The molecule has 1 N–H and O–H groups in total. The number of benzene rings is 2. The van der Waals surface area contributed by atoms with Crippen LogP contribution in [0.4, 0.5) is 5.69 Å². The zero-order valence-electron chi connectivity index (χ0n) is 18.5. The highest BCUT2D eigenvalue weighted by Crippen LogP contribution is 2.33. The molecule has 2 aromatic carbocycles. The highest BCUT2D eigenvalue weighted by atomic mass is 32.2. The molecule has 0 unspecified atom stereocenters. The van der Waals surface area contributed by atoms with Gasteiger partial charge in [-0.3, -0.25) is 14.5 Å². The number of nitrogens with one attached hydrogen (secondary N) is 1. The van der Waals surface area contributed by atoms with Crippen LogP contribution in [0.3, 0.4) is 0 Å². The monoisotopic (exact) mass is 469 g/mol. The number of nitrogens with zero attached hydrogens (tertiary/aromatic N) is 2. The van der Waals surface area contributed by atoms with Crippen molar-refractivity contribution >= 4 is 33.2 Å². The maximum Gasteiger partial charge on any atom is 0.259 e. The molecule has 0 aliphatic carbocycles. The third-order valence-electron chi connectivity index (χ3n) is 5.80. The predicted octanol–water partition coefficient (Wildman–Crippen LogP) is 3.33. The number of piperidine rings is 1. The Balaban J connectivity index is 1.54. The third-order valence-corrected chi connectivity index (χ3v) is 7.72. The highest BCUT2D eigenvalue weighted by Gasteiger charge is 2.32. The van der Waals surface area contributed by atoms with E-state index in [-0.39, 0.29) is 23.1 Å². The summed E-state index contributed by atoms with van der Waals surface area (Å²) in [6.07, 6.45) is 2.64. The number of amides is 2. The maximum atomic E-state index is 13.3. The molecule has 33 heavy (non-hydrogen) atoms. The van der Waals surface area contributed by atoms with Gasteiger partial charge in [0.15, 0.2) is 0 Å². The lowest BCUT2D eigenvalue weighted by atomic mass is 10.1. The lowest BCUT2D eigenvalue weighted by molar-refractivity contribution is -0.116. The van der Waals surface area contributed by atoms with Gasteiger partial charge in [0.2, 0.25) is 15.9 Å². The van der Waals surface area contributed by atoms with Crippen LogP contribution in [-0.4, -0.2) is 55.7 Å². The Bertz CT molecular complexity index is 1170. The molecule has 2 amide bonds. The van der Waals surface area contributed by atoms with Crippen LogP contribution in [0.25, 0.3) is 5.70 Å². The number of sulfonamides is 1. The van der Waals surface area contributed by atoms with Gasteiger partial charge >= 0.3 is 0 Å². The van der Waals surface area contributed by atoms with Crippen molar-refractivity contribution in [2.45, 2.75) is 31.1 Å². The number of ether oxygens (including phenoxy) is 1. The summed E-state index contributed by atoms with van der Waals surface area (Å²) in [4.78, 5) is 26.7. The van der Waals surface area contributed by atoms with Crippen molar-refractivity contribution in [2.75, 3.05) is 31.6 Å². The summed E-state index contributed by atoms with van der Waals surface area (Å²) >= 11 is 0. The summed E-state index contributed by atoms with van der Waals surface area (Å²) in [5.41, 5.74) is 1.98. The molecule has 2 aliphatic rings. The normalized spacial score (nSPS) is 16.6. The predicted molar refractivity (Wildman–Crippen MR) is 125 cm³/mol. The van der Waals surface area contributed by atoms with Gasteiger partial charge in [-0.2, -0.15) is 4.31 Å². The summed E-state index contributed by atoms with van der Waals surface area (Å²) in [5, 5.41) is 2.71. The van der Waals surface area contributed by atoms with Crippen molar-refractivity contribution in [1.29, 1.82) is 0 Å². The van der Waals surface area contributed by atoms with Gasteiger partial charge in [-0.25, -0.2) is 8.42 Å². The van der Waals surface area contributed by atoms with E-state index in [1.165, 1.54) is 15.3 Å². The molecule has 2 aromatic rings. The largest absolute Gasteiger partial charge is 0.492 e. The van der Waals surface area contributed by atoms with Crippen LogP contribution >= 0.6 is 0 Å². The number of hydrogen-bond donors (Lipinski definition) is 1. The van der Waals surface area contributed by atoms with Crippen molar-refractivity contribution < 1.29 is 22.7 Å². The minimum atomic E-state index is -3.77. The SMILES string of the molecule is C=C1c2ccccc2C(=O)N1CC(=O)Nc1ccc(OCC)c(S(=O)(=O)N2CCCCC2)c1. The molecule has 0 saturated carbocycles. The number of carbonyl (C=O) groups excluding carboxylic acids is 2. The van der Waals surface area contributed by atoms with Crippen LogP contribution in [0.1, 0.15) is 42.1 Å². The van der Waals surface area contributed by atoms with E-state index in [2.05, 4.69) is 11.9 Å².